The highest BCUT2D eigenvalue weighted by atomic mass is 16.5. The monoisotopic (exact) mass is 232 g/mol. The van der Waals surface area contributed by atoms with E-state index >= 15 is 0 Å². The van der Waals surface area contributed by atoms with Crippen LogP contribution in [-0.2, 0) is 11.2 Å². The van der Waals surface area contributed by atoms with E-state index < -0.39 is 0 Å². The number of hydrogen-bond donors (Lipinski definition) is 0. The molecule has 0 saturated carbocycles. The molecule has 1 atom stereocenters. The van der Waals surface area contributed by atoms with E-state index in [2.05, 4.69) is 31.2 Å². The van der Waals surface area contributed by atoms with Crippen molar-refractivity contribution in [3.05, 3.63) is 35.4 Å². The molecule has 17 heavy (non-hydrogen) atoms. The minimum absolute atomic E-state index is 0.738. The molecule has 0 heterocycles. The molecule has 0 bridgehead atoms. The van der Waals surface area contributed by atoms with Crippen LogP contribution in [0.1, 0.15) is 56.1 Å². The van der Waals surface area contributed by atoms with Crippen LogP contribution in [0.3, 0.4) is 0 Å². The summed E-state index contributed by atoms with van der Waals surface area (Å²) in [7, 11) is 0. The molecule has 0 aliphatic heterocycles. The lowest BCUT2D eigenvalue weighted by molar-refractivity contribution is 0.122. The summed E-state index contributed by atoms with van der Waals surface area (Å²) in [4.78, 5) is 0. The highest BCUT2D eigenvalue weighted by Gasteiger charge is 2.18. The number of hydrogen-bond acceptors (Lipinski definition) is 1. The highest BCUT2D eigenvalue weighted by Crippen LogP contribution is 2.33. The Bertz CT molecular complexity index is 332. The molecule has 0 N–H and O–H groups in total. The topological polar surface area (TPSA) is 9.23 Å². The first kappa shape index (κ1) is 12.6. The maximum Gasteiger partial charge on any atom is 0.0471 e. The lowest BCUT2D eigenvalue weighted by Crippen LogP contribution is -2.12. The van der Waals surface area contributed by atoms with Crippen LogP contribution >= 0.6 is 0 Å². The number of fused-ring (bicyclic) bond motifs is 1. The Hall–Kier alpha value is -0.820. The van der Waals surface area contributed by atoms with Crippen molar-refractivity contribution in [2.24, 2.45) is 0 Å². The first-order valence-electron chi connectivity index (χ1n) is 7.07. The van der Waals surface area contributed by atoms with Gasteiger partial charge in [0.05, 0.1) is 0 Å². The summed E-state index contributed by atoms with van der Waals surface area (Å²) in [5, 5.41) is 0. The van der Waals surface area contributed by atoms with Gasteiger partial charge in [-0.05, 0) is 49.1 Å². The molecule has 0 saturated heterocycles. The van der Waals surface area contributed by atoms with Crippen molar-refractivity contribution in [1.29, 1.82) is 0 Å². The number of rotatable bonds is 6. The van der Waals surface area contributed by atoms with Crippen LogP contribution in [0.25, 0.3) is 0 Å². The second-order valence-corrected chi connectivity index (χ2v) is 5.04. The molecule has 1 unspecified atom stereocenters. The van der Waals surface area contributed by atoms with Gasteiger partial charge in [-0.1, -0.05) is 37.6 Å². The summed E-state index contributed by atoms with van der Waals surface area (Å²) < 4.78 is 5.69. The molecule has 1 aromatic carbocycles. The van der Waals surface area contributed by atoms with Gasteiger partial charge in [0.15, 0.2) is 0 Å². The van der Waals surface area contributed by atoms with Crippen LogP contribution in [-0.4, -0.2) is 13.2 Å². The van der Waals surface area contributed by atoms with E-state index in [1.165, 1.54) is 38.5 Å². The molecule has 0 fully saturated rings. The quantitative estimate of drug-likeness (QED) is 0.664. The van der Waals surface area contributed by atoms with Crippen LogP contribution in [0, 0.1) is 0 Å². The standard InChI is InChI=1S/C16H24O/c1-2-3-12-17-13-11-15-9-6-8-14-7-4-5-10-16(14)15/h4-5,7,10,15H,2-3,6,8-9,11-13H2,1H3. The summed E-state index contributed by atoms with van der Waals surface area (Å²) in [5.74, 6) is 0.738. The van der Waals surface area contributed by atoms with Crippen LogP contribution < -0.4 is 0 Å². The van der Waals surface area contributed by atoms with Crippen molar-refractivity contribution in [1.82, 2.24) is 0 Å². The third kappa shape index (κ3) is 3.57. The molecule has 1 aromatic rings. The first-order valence-corrected chi connectivity index (χ1v) is 7.07. The third-order valence-corrected chi connectivity index (χ3v) is 3.75. The zero-order valence-corrected chi connectivity index (χ0v) is 11.0. The Balaban J connectivity index is 1.82. The summed E-state index contributed by atoms with van der Waals surface area (Å²) in [5.41, 5.74) is 3.15. The molecule has 0 spiro atoms. The van der Waals surface area contributed by atoms with Crippen molar-refractivity contribution in [2.75, 3.05) is 13.2 Å². The Morgan fingerprint density at radius 1 is 1.24 bits per heavy atom. The van der Waals surface area contributed by atoms with Gasteiger partial charge in [-0.15, -0.1) is 0 Å². The fourth-order valence-corrected chi connectivity index (χ4v) is 2.73. The van der Waals surface area contributed by atoms with Crippen LogP contribution in [0.5, 0.6) is 0 Å². The van der Waals surface area contributed by atoms with E-state index in [4.69, 9.17) is 4.74 Å². The van der Waals surface area contributed by atoms with E-state index in [-0.39, 0.29) is 0 Å². The van der Waals surface area contributed by atoms with E-state index in [9.17, 15) is 0 Å². The Morgan fingerprint density at radius 3 is 3.00 bits per heavy atom. The predicted octanol–water partition coefficient (Wildman–Crippen LogP) is 4.31. The summed E-state index contributed by atoms with van der Waals surface area (Å²) in [6.45, 7) is 4.07. The molecule has 1 nitrogen and oxygen atoms in total. The number of ether oxygens (including phenoxy) is 1. The van der Waals surface area contributed by atoms with Gasteiger partial charge in [0.2, 0.25) is 0 Å². The number of unbranched alkanes of at least 4 members (excludes halogenated alkanes) is 1. The summed E-state index contributed by atoms with van der Waals surface area (Å²) >= 11 is 0. The Kier molecular flexibility index (Phi) is 5.06. The third-order valence-electron chi connectivity index (χ3n) is 3.75. The average Bonchev–Trinajstić information content (AvgIpc) is 2.39. The predicted molar refractivity (Wildman–Crippen MR) is 72.5 cm³/mol. The van der Waals surface area contributed by atoms with Gasteiger partial charge >= 0.3 is 0 Å². The largest absolute Gasteiger partial charge is 0.381 e. The molecule has 94 valence electrons. The first-order chi connectivity index (χ1) is 8.42. The minimum atomic E-state index is 0.738. The minimum Gasteiger partial charge on any atom is -0.381 e. The van der Waals surface area contributed by atoms with E-state index in [1.54, 1.807) is 11.1 Å². The van der Waals surface area contributed by atoms with Gasteiger partial charge in [0.1, 0.15) is 0 Å². The van der Waals surface area contributed by atoms with Crippen molar-refractivity contribution in [3.8, 4) is 0 Å². The van der Waals surface area contributed by atoms with E-state index in [0.717, 1.165) is 19.1 Å². The zero-order valence-electron chi connectivity index (χ0n) is 11.0. The van der Waals surface area contributed by atoms with Gasteiger partial charge in [-0.2, -0.15) is 0 Å². The maximum atomic E-state index is 5.69. The lowest BCUT2D eigenvalue weighted by atomic mass is 9.81. The molecule has 0 amide bonds. The Labute approximate surface area is 105 Å². The fourth-order valence-electron chi connectivity index (χ4n) is 2.73. The van der Waals surface area contributed by atoms with Crippen molar-refractivity contribution in [3.63, 3.8) is 0 Å². The van der Waals surface area contributed by atoms with Crippen molar-refractivity contribution < 1.29 is 4.74 Å². The SMILES string of the molecule is CCCCOCCC1CCCc2ccccc21. The molecule has 0 radical (unpaired) electrons. The van der Waals surface area contributed by atoms with E-state index in [0.29, 0.717) is 0 Å². The van der Waals surface area contributed by atoms with Gasteiger partial charge in [0, 0.05) is 13.2 Å². The lowest BCUT2D eigenvalue weighted by Gasteiger charge is -2.25. The Morgan fingerprint density at radius 2 is 2.12 bits per heavy atom. The summed E-state index contributed by atoms with van der Waals surface area (Å²) in [6.07, 6.45) is 7.57. The molecule has 2 rings (SSSR count). The maximum absolute atomic E-state index is 5.69. The van der Waals surface area contributed by atoms with Crippen molar-refractivity contribution >= 4 is 0 Å². The molecular formula is C16H24O. The van der Waals surface area contributed by atoms with Gasteiger partial charge < -0.3 is 4.74 Å². The van der Waals surface area contributed by atoms with Crippen LogP contribution in [0.4, 0.5) is 0 Å². The van der Waals surface area contributed by atoms with Gasteiger partial charge in [-0.25, -0.2) is 0 Å². The number of benzene rings is 1. The molecule has 1 aliphatic rings. The molecular weight excluding hydrogens is 208 g/mol. The van der Waals surface area contributed by atoms with Crippen LogP contribution in [0.15, 0.2) is 24.3 Å². The molecule has 0 aromatic heterocycles. The number of aryl methyl sites for hydroxylation is 1. The van der Waals surface area contributed by atoms with Crippen molar-refractivity contribution in [2.45, 2.75) is 51.4 Å². The van der Waals surface area contributed by atoms with Crippen LogP contribution in [0.2, 0.25) is 0 Å². The molecule has 1 heteroatoms. The van der Waals surface area contributed by atoms with E-state index in [1.807, 2.05) is 0 Å². The second kappa shape index (κ2) is 6.80. The molecule has 1 aliphatic carbocycles. The van der Waals surface area contributed by atoms with Gasteiger partial charge in [-0.3, -0.25) is 0 Å². The second-order valence-electron chi connectivity index (χ2n) is 5.04. The normalized spacial score (nSPS) is 19.0. The highest BCUT2D eigenvalue weighted by molar-refractivity contribution is 5.32. The van der Waals surface area contributed by atoms with Gasteiger partial charge in [0.25, 0.3) is 0 Å². The average molecular weight is 232 g/mol. The fraction of sp³-hybridized carbons (Fsp3) is 0.625. The smallest absolute Gasteiger partial charge is 0.0471 e. The summed E-state index contributed by atoms with van der Waals surface area (Å²) in [6, 6.07) is 8.94. The zero-order chi connectivity index (χ0) is 11.9.